The molecule has 3 rings (SSSR count). The van der Waals surface area contributed by atoms with Crippen molar-refractivity contribution in [3.63, 3.8) is 0 Å². The average molecular weight is 394 g/mol. The van der Waals surface area contributed by atoms with Crippen molar-refractivity contribution in [2.24, 2.45) is 0 Å². The molecule has 0 aromatic carbocycles. The lowest BCUT2D eigenvalue weighted by Crippen LogP contribution is -2.33. The number of thioether (sulfide) groups is 1. The number of nitrogens with zero attached hydrogens (tertiary/aromatic N) is 1. The minimum Gasteiger partial charge on any atom is -0.353 e. The van der Waals surface area contributed by atoms with Crippen molar-refractivity contribution >= 4 is 50.6 Å². The van der Waals surface area contributed by atoms with Crippen LogP contribution in [-0.2, 0) is 4.79 Å². The molecule has 0 saturated carbocycles. The van der Waals surface area contributed by atoms with Crippen molar-refractivity contribution in [2.75, 3.05) is 5.75 Å². The number of aromatic nitrogens is 2. The molecule has 0 fully saturated rings. The first-order valence-corrected chi connectivity index (χ1v) is 10.8. The second kappa shape index (κ2) is 8.16. The lowest BCUT2D eigenvalue weighted by Gasteiger charge is -2.12. The van der Waals surface area contributed by atoms with Crippen LogP contribution in [0.2, 0.25) is 0 Å². The molecule has 0 spiro atoms. The molecule has 5 nitrogen and oxygen atoms in total. The smallest absolute Gasteiger partial charge is 0.260 e. The van der Waals surface area contributed by atoms with Crippen molar-refractivity contribution in [2.45, 2.75) is 37.9 Å². The third-order valence-electron chi connectivity index (χ3n) is 3.68. The molecule has 132 valence electrons. The quantitative estimate of drug-likeness (QED) is 0.468. The van der Waals surface area contributed by atoms with Crippen LogP contribution in [0.25, 0.3) is 20.7 Å². The monoisotopic (exact) mass is 393 g/mol. The highest BCUT2D eigenvalue weighted by molar-refractivity contribution is 7.99. The fourth-order valence-electron chi connectivity index (χ4n) is 2.57. The number of H-pyrrole nitrogens is 1. The molecule has 3 heterocycles. The largest absolute Gasteiger partial charge is 0.353 e. The van der Waals surface area contributed by atoms with Crippen LogP contribution in [0.1, 0.15) is 26.7 Å². The predicted octanol–water partition coefficient (Wildman–Crippen LogP) is 4.11. The zero-order chi connectivity index (χ0) is 17.8. The van der Waals surface area contributed by atoms with Crippen molar-refractivity contribution in [1.82, 2.24) is 15.3 Å². The van der Waals surface area contributed by atoms with E-state index in [1.165, 1.54) is 23.1 Å². The molecule has 0 radical (unpaired) electrons. The van der Waals surface area contributed by atoms with Gasteiger partial charge in [0.25, 0.3) is 5.56 Å². The van der Waals surface area contributed by atoms with Gasteiger partial charge in [0.2, 0.25) is 5.91 Å². The van der Waals surface area contributed by atoms with Gasteiger partial charge in [0.1, 0.15) is 4.83 Å². The SMILES string of the molecule is CCC[C@H](C)NC(=O)CSc1nc2scc(-c3cccs3)c2c(=O)[nH]1. The van der Waals surface area contributed by atoms with Gasteiger partial charge >= 0.3 is 0 Å². The predicted molar refractivity (Wildman–Crippen MR) is 107 cm³/mol. The maximum atomic E-state index is 12.5. The van der Waals surface area contributed by atoms with Gasteiger partial charge in [0.15, 0.2) is 5.16 Å². The summed E-state index contributed by atoms with van der Waals surface area (Å²) >= 11 is 4.31. The number of carbonyl (C=O) groups excluding carboxylic acids is 1. The number of carbonyl (C=O) groups is 1. The average Bonchev–Trinajstić information content (AvgIpc) is 3.22. The summed E-state index contributed by atoms with van der Waals surface area (Å²) in [6.45, 7) is 4.09. The van der Waals surface area contributed by atoms with Crippen LogP contribution in [0.3, 0.4) is 0 Å². The Morgan fingerprint density at radius 3 is 3.00 bits per heavy atom. The summed E-state index contributed by atoms with van der Waals surface area (Å²) in [5, 5.41) is 8.01. The van der Waals surface area contributed by atoms with Crippen LogP contribution in [0.5, 0.6) is 0 Å². The lowest BCUT2D eigenvalue weighted by atomic mass is 10.2. The first-order valence-electron chi connectivity index (χ1n) is 8.06. The minimum absolute atomic E-state index is 0.0425. The first-order chi connectivity index (χ1) is 12.1. The Kier molecular flexibility index (Phi) is 5.93. The highest BCUT2D eigenvalue weighted by atomic mass is 32.2. The summed E-state index contributed by atoms with van der Waals surface area (Å²) in [4.78, 5) is 33.5. The highest BCUT2D eigenvalue weighted by Crippen LogP contribution is 2.33. The van der Waals surface area contributed by atoms with Gasteiger partial charge < -0.3 is 10.3 Å². The van der Waals surface area contributed by atoms with Crippen molar-refractivity contribution in [3.8, 4) is 10.4 Å². The summed E-state index contributed by atoms with van der Waals surface area (Å²) in [6, 6.07) is 4.13. The van der Waals surface area contributed by atoms with Crippen LogP contribution in [0.4, 0.5) is 0 Å². The molecule has 3 aromatic heterocycles. The highest BCUT2D eigenvalue weighted by Gasteiger charge is 2.14. The van der Waals surface area contributed by atoms with E-state index in [0.717, 1.165) is 23.3 Å². The maximum absolute atomic E-state index is 12.5. The zero-order valence-corrected chi connectivity index (χ0v) is 16.4. The molecule has 1 amide bonds. The molecule has 2 N–H and O–H groups in total. The Bertz CT molecular complexity index is 915. The molecule has 0 aliphatic carbocycles. The fraction of sp³-hybridized carbons (Fsp3) is 0.353. The lowest BCUT2D eigenvalue weighted by molar-refractivity contribution is -0.119. The van der Waals surface area contributed by atoms with E-state index in [2.05, 4.69) is 22.2 Å². The Morgan fingerprint density at radius 2 is 2.28 bits per heavy atom. The van der Waals surface area contributed by atoms with Crippen LogP contribution in [-0.4, -0.2) is 27.7 Å². The number of hydrogen-bond acceptors (Lipinski definition) is 6. The summed E-state index contributed by atoms with van der Waals surface area (Å²) in [5.74, 6) is 0.199. The van der Waals surface area contributed by atoms with Crippen molar-refractivity contribution in [3.05, 3.63) is 33.2 Å². The van der Waals surface area contributed by atoms with Crippen LogP contribution < -0.4 is 10.9 Å². The Labute approximate surface area is 157 Å². The fourth-order valence-corrected chi connectivity index (χ4v) is 5.06. The van der Waals surface area contributed by atoms with E-state index in [4.69, 9.17) is 0 Å². The van der Waals surface area contributed by atoms with E-state index < -0.39 is 0 Å². The molecule has 8 heteroatoms. The van der Waals surface area contributed by atoms with Gasteiger partial charge in [-0.15, -0.1) is 22.7 Å². The molecule has 0 bridgehead atoms. The number of aromatic amines is 1. The van der Waals surface area contributed by atoms with Gasteiger partial charge in [0, 0.05) is 21.9 Å². The van der Waals surface area contributed by atoms with Gasteiger partial charge in [-0.05, 0) is 24.8 Å². The topological polar surface area (TPSA) is 74.8 Å². The van der Waals surface area contributed by atoms with Crippen LogP contribution in [0.15, 0.2) is 32.8 Å². The number of hydrogen-bond donors (Lipinski definition) is 2. The third kappa shape index (κ3) is 4.31. The van der Waals surface area contributed by atoms with Gasteiger partial charge in [-0.25, -0.2) is 4.98 Å². The molecule has 0 aliphatic rings. The van der Waals surface area contributed by atoms with Gasteiger partial charge in [-0.1, -0.05) is 31.2 Å². The van der Waals surface area contributed by atoms with Crippen molar-refractivity contribution in [1.29, 1.82) is 0 Å². The second-order valence-electron chi connectivity index (χ2n) is 5.72. The number of amides is 1. The summed E-state index contributed by atoms with van der Waals surface area (Å²) in [5.41, 5.74) is 0.767. The molecule has 25 heavy (non-hydrogen) atoms. The third-order valence-corrected chi connectivity index (χ3v) is 6.33. The molecule has 1 atom stereocenters. The van der Waals surface area contributed by atoms with E-state index in [1.807, 2.05) is 29.8 Å². The van der Waals surface area contributed by atoms with Crippen LogP contribution in [0, 0.1) is 0 Å². The standard InChI is InChI=1S/C17H19N3O2S3/c1-3-5-10(2)18-13(21)9-25-17-19-15(22)14-11(8-24-16(14)20-17)12-6-4-7-23-12/h4,6-8,10H,3,5,9H2,1-2H3,(H,18,21)(H,19,20,22)/t10-/m0/s1. The van der Waals surface area contributed by atoms with Gasteiger partial charge in [-0.3, -0.25) is 9.59 Å². The first kappa shape index (κ1) is 18.2. The molecule has 3 aromatic rings. The minimum atomic E-state index is -0.156. The van der Waals surface area contributed by atoms with E-state index in [1.54, 1.807) is 11.3 Å². The van der Waals surface area contributed by atoms with E-state index in [0.29, 0.717) is 15.4 Å². The molecular weight excluding hydrogens is 374 g/mol. The van der Waals surface area contributed by atoms with E-state index >= 15 is 0 Å². The summed E-state index contributed by atoms with van der Waals surface area (Å²) < 4.78 is 0. The normalized spacial score (nSPS) is 12.4. The van der Waals surface area contributed by atoms with Gasteiger partial charge in [0.05, 0.1) is 11.1 Å². The van der Waals surface area contributed by atoms with E-state index in [-0.39, 0.29) is 23.3 Å². The van der Waals surface area contributed by atoms with Gasteiger partial charge in [-0.2, -0.15) is 0 Å². The van der Waals surface area contributed by atoms with Crippen LogP contribution >= 0.6 is 34.4 Å². The molecular formula is C17H19N3O2S3. The Hall–Kier alpha value is -1.64. The molecule has 0 aliphatic heterocycles. The second-order valence-corrected chi connectivity index (χ2v) is 8.49. The number of rotatable bonds is 7. The number of fused-ring (bicyclic) bond motifs is 1. The summed E-state index contributed by atoms with van der Waals surface area (Å²) in [7, 11) is 0. The summed E-state index contributed by atoms with van der Waals surface area (Å²) in [6.07, 6.45) is 1.99. The zero-order valence-electron chi connectivity index (χ0n) is 14.0. The molecule has 0 unspecified atom stereocenters. The molecule has 0 saturated heterocycles. The van der Waals surface area contributed by atoms with E-state index in [9.17, 15) is 9.59 Å². The maximum Gasteiger partial charge on any atom is 0.260 e. The Morgan fingerprint density at radius 1 is 1.44 bits per heavy atom. The number of nitrogens with one attached hydrogen (secondary N) is 2. The van der Waals surface area contributed by atoms with Crippen molar-refractivity contribution < 1.29 is 4.79 Å². The Balaban J connectivity index is 1.74. The number of thiophene rings is 2.